The third-order valence-corrected chi connectivity index (χ3v) is 3.78. The zero-order valence-electron chi connectivity index (χ0n) is 11.7. The van der Waals surface area contributed by atoms with Gasteiger partial charge in [-0.05, 0) is 44.0 Å². The monoisotopic (exact) mass is 242 g/mol. The van der Waals surface area contributed by atoms with Gasteiger partial charge in [-0.3, -0.25) is 4.98 Å². The van der Waals surface area contributed by atoms with E-state index in [2.05, 4.69) is 61.4 Å². The maximum absolute atomic E-state index is 4.61. The number of hydrogen-bond acceptors (Lipinski definition) is 2. The van der Waals surface area contributed by atoms with Crippen LogP contribution in [0.3, 0.4) is 0 Å². The van der Waals surface area contributed by atoms with E-state index in [9.17, 15) is 0 Å². The number of pyridine rings is 1. The lowest BCUT2D eigenvalue weighted by atomic mass is 9.89. The van der Waals surface area contributed by atoms with Crippen LogP contribution in [-0.4, -0.2) is 18.1 Å². The highest BCUT2D eigenvalue weighted by Crippen LogP contribution is 2.28. The van der Waals surface area contributed by atoms with Crippen LogP contribution in [0, 0.1) is 6.92 Å². The average molecular weight is 242 g/mol. The molecule has 0 aliphatic heterocycles. The molecule has 2 rings (SSSR count). The molecule has 0 amide bonds. The molecule has 0 spiro atoms. The summed E-state index contributed by atoms with van der Waals surface area (Å²) in [4.78, 5) is 4.61. The van der Waals surface area contributed by atoms with Gasteiger partial charge in [-0.1, -0.05) is 32.0 Å². The molecule has 96 valence electrons. The summed E-state index contributed by atoms with van der Waals surface area (Å²) in [5.74, 6) is 0.492. The van der Waals surface area contributed by atoms with E-state index in [1.54, 1.807) is 0 Å². The van der Waals surface area contributed by atoms with Gasteiger partial charge in [0.15, 0.2) is 0 Å². The van der Waals surface area contributed by atoms with Crippen LogP contribution >= 0.6 is 0 Å². The predicted molar refractivity (Wildman–Crippen MR) is 78.0 cm³/mol. The first kappa shape index (κ1) is 13.0. The molecule has 0 saturated carbocycles. The maximum Gasteiger partial charge on any atom is 0.0708 e. The van der Waals surface area contributed by atoms with Gasteiger partial charge in [-0.2, -0.15) is 0 Å². The normalized spacial score (nSPS) is 14.7. The minimum absolute atomic E-state index is 0.492. The molecule has 2 unspecified atom stereocenters. The molecule has 2 nitrogen and oxygen atoms in total. The number of likely N-dealkylation sites (N-methyl/N-ethyl adjacent to an activating group) is 1. The zero-order valence-corrected chi connectivity index (χ0v) is 11.7. The van der Waals surface area contributed by atoms with Crippen molar-refractivity contribution in [2.24, 2.45) is 0 Å². The molecule has 0 aliphatic rings. The van der Waals surface area contributed by atoms with E-state index in [-0.39, 0.29) is 0 Å². The molecule has 2 heteroatoms. The Bertz CT molecular complexity index is 530. The van der Waals surface area contributed by atoms with E-state index in [1.165, 1.54) is 10.9 Å². The number of nitrogens with zero attached hydrogens (tertiary/aromatic N) is 1. The summed E-state index contributed by atoms with van der Waals surface area (Å²) in [6.07, 6.45) is 1.13. The highest BCUT2D eigenvalue weighted by molar-refractivity contribution is 5.83. The van der Waals surface area contributed by atoms with Crippen molar-refractivity contribution in [2.45, 2.75) is 39.2 Å². The SMILES string of the molecule is CCC(NC)C(C)c1cc(C)nc2ccccc12. The minimum atomic E-state index is 0.492. The molecule has 0 saturated heterocycles. The fourth-order valence-corrected chi connectivity index (χ4v) is 2.74. The van der Waals surface area contributed by atoms with Gasteiger partial charge in [0, 0.05) is 17.1 Å². The summed E-state index contributed by atoms with van der Waals surface area (Å²) in [6, 6.07) is 11.2. The van der Waals surface area contributed by atoms with E-state index in [1.807, 2.05) is 7.05 Å². The van der Waals surface area contributed by atoms with Crippen molar-refractivity contribution in [3.05, 3.63) is 41.6 Å². The van der Waals surface area contributed by atoms with Crippen LogP contribution in [0.25, 0.3) is 10.9 Å². The fourth-order valence-electron chi connectivity index (χ4n) is 2.74. The summed E-state index contributed by atoms with van der Waals surface area (Å²) in [5, 5.41) is 4.70. The number of nitrogens with one attached hydrogen (secondary N) is 1. The fraction of sp³-hybridized carbons (Fsp3) is 0.438. The predicted octanol–water partition coefficient (Wildman–Crippen LogP) is 3.64. The quantitative estimate of drug-likeness (QED) is 0.885. The highest BCUT2D eigenvalue weighted by Gasteiger charge is 2.18. The van der Waals surface area contributed by atoms with E-state index in [0.29, 0.717) is 12.0 Å². The van der Waals surface area contributed by atoms with Crippen molar-refractivity contribution in [1.82, 2.24) is 10.3 Å². The van der Waals surface area contributed by atoms with E-state index in [4.69, 9.17) is 0 Å². The lowest BCUT2D eigenvalue weighted by Crippen LogP contribution is -2.30. The molecular formula is C16H22N2. The van der Waals surface area contributed by atoms with Gasteiger partial charge in [0.25, 0.3) is 0 Å². The molecule has 0 bridgehead atoms. The van der Waals surface area contributed by atoms with Crippen LogP contribution in [0.5, 0.6) is 0 Å². The van der Waals surface area contributed by atoms with Crippen LogP contribution in [0.2, 0.25) is 0 Å². The van der Waals surface area contributed by atoms with Crippen LogP contribution in [-0.2, 0) is 0 Å². The molecule has 1 aromatic carbocycles. The van der Waals surface area contributed by atoms with Crippen LogP contribution in [0.15, 0.2) is 30.3 Å². The first-order valence-electron chi connectivity index (χ1n) is 6.71. The second-order valence-corrected chi connectivity index (χ2v) is 4.96. The second-order valence-electron chi connectivity index (χ2n) is 4.96. The number of aromatic nitrogens is 1. The molecule has 1 aromatic heterocycles. The largest absolute Gasteiger partial charge is 0.316 e. The Labute approximate surface area is 109 Å². The number of benzene rings is 1. The van der Waals surface area contributed by atoms with E-state index in [0.717, 1.165) is 17.6 Å². The van der Waals surface area contributed by atoms with Gasteiger partial charge in [-0.25, -0.2) is 0 Å². The first-order valence-corrected chi connectivity index (χ1v) is 6.71. The molecule has 18 heavy (non-hydrogen) atoms. The lowest BCUT2D eigenvalue weighted by Gasteiger charge is -2.24. The summed E-state index contributed by atoms with van der Waals surface area (Å²) in [7, 11) is 2.04. The van der Waals surface area contributed by atoms with Crippen LogP contribution < -0.4 is 5.32 Å². The lowest BCUT2D eigenvalue weighted by molar-refractivity contribution is 0.474. The standard InChI is InChI=1S/C16H22N2/c1-5-15(17-4)12(3)14-10-11(2)18-16-9-7-6-8-13(14)16/h6-10,12,15,17H,5H2,1-4H3. The Morgan fingerprint density at radius 3 is 2.67 bits per heavy atom. The van der Waals surface area contributed by atoms with Crippen molar-refractivity contribution in [3.63, 3.8) is 0 Å². The van der Waals surface area contributed by atoms with E-state index >= 15 is 0 Å². The Kier molecular flexibility index (Phi) is 3.97. The third-order valence-electron chi connectivity index (χ3n) is 3.78. The first-order chi connectivity index (χ1) is 8.67. The smallest absolute Gasteiger partial charge is 0.0708 e. The Morgan fingerprint density at radius 2 is 2.00 bits per heavy atom. The Morgan fingerprint density at radius 1 is 1.28 bits per heavy atom. The molecule has 0 aliphatic carbocycles. The van der Waals surface area contributed by atoms with Crippen molar-refractivity contribution in [3.8, 4) is 0 Å². The van der Waals surface area contributed by atoms with Gasteiger partial charge < -0.3 is 5.32 Å². The highest BCUT2D eigenvalue weighted by atomic mass is 14.9. The molecule has 2 atom stereocenters. The van der Waals surface area contributed by atoms with Gasteiger partial charge in [0.2, 0.25) is 0 Å². The molecule has 0 radical (unpaired) electrons. The number of para-hydroxylation sites is 1. The zero-order chi connectivity index (χ0) is 13.1. The maximum atomic E-state index is 4.61. The summed E-state index contributed by atoms with van der Waals surface area (Å²) < 4.78 is 0. The van der Waals surface area contributed by atoms with Crippen LogP contribution in [0.4, 0.5) is 0 Å². The summed E-state index contributed by atoms with van der Waals surface area (Å²) >= 11 is 0. The number of aryl methyl sites for hydroxylation is 1. The molecule has 2 aromatic rings. The summed E-state index contributed by atoms with van der Waals surface area (Å²) in [5.41, 5.74) is 3.60. The Balaban J connectivity index is 2.55. The molecule has 1 heterocycles. The van der Waals surface area contributed by atoms with E-state index < -0.39 is 0 Å². The number of fused-ring (bicyclic) bond motifs is 1. The van der Waals surface area contributed by atoms with Crippen molar-refractivity contribution < 1.29 is 0 Å². The van der Waals surface area contributed by atoms with Crippen molar-refractivity contribution in [2.75, 3.05) is 7.05 Å². The number of rotatable bonds is 4. The summed E-state index contributed by atoms with van der Waals surface area (Å²) in [6.45, 7) is 6.60. The van der Waals surface area contributed by atoms with Gasteiger partial charge in [0.05, 0.1) is 5.52 Å². The molecular weight excluding hydrogens is 220 g/mol. The van der Waals surface area contributed by atoms with Crippen molar-refractivity contribution in [1.29, 1.82) is 0 Å². The molecule has 0 fully saturated rings. The van der Waals surface area contributed by atoms with Crippen LogP contribution in [0.1, 0.15) is 37.4 Å². The van der Waals surface area contributed by atoms with Gasteiger partial charge >= 0.3 is 0 Å². The topological polar surface area (TPSA) is 24.9 Å². The molecule has 1 N–H and O–H groups in total. The Hall–Kier alpha value is -1.41. The second kappa shape index (κ2) is 5.49. The number of hydrogen-bond donors (Lipinski definition) is 1. The van der Waals surface area contributed by atoms with Crippen molar-refractivity contribution >= 4 is 10.9 Å². The van der Waals surface area contributed by atoms with Gasteiger partial charge in [-0.15, -0.1) is 0 Å². The minimum Gasteiger partial charge on any atom is -0.316 e. The average Bonchev–Trinajstić information content (AvgIpc) is 2.39. The third kappa shape index (κ3) is 2.39. The van der Waals surface area contributed by atoms with Gasteiger partial charge in [0.1, 0.15) is 0 Å².